The molecule has 0 fully saturated rings. The topological polar surface area (TPSA) is 46.1 Å². The van der Waals surface area contributed by atoms with E-state index in [1.165, 1.54) is 6.08 Å². The molecule has 96 valence electrons. The van der Waals surface area contributed by atoms with Gasteiger partial charge in [0.1, 0.15) is 0 Å². The molecule has 4 heteroatoms. The maximum atomic E-state index is 12.1. The number of likely N-dealkylation sites (N-methyl/N-ethyl adjacent to an activating group) is 1. The average Bonchev–Trinajstić information content (AvgIpc) is 2.48. The smallest absolute Gasteiger partial charge is 0.251 e. The minimum absolute atomic E-state index is 0.0700. The van der Waals surface area contributed by atoms with Gasteiger partial charge in [-0.1, -0.05) is 18.2 Å². The van der Waals surface area contributed by atoms with Gasteiger partial charge in [0.2, 0.25) is 0 Å². The summed E-state index contributed by atoms with van der Waals surface area (Å²) in [6.45, 7) is 2.56. The lowest BCUT2D eigenvalue weighted by Crippen LogP contribution is -2.28. The van der Waals surface area contributed by atoms with E-state index in [2.05, 4.69) is 9.97 Å². The summed E-state index contributed by atoms with van der Waals surface area (Å²) in [5, 5.41) is 0. The van der Waals surface area contributed by atoms with Crippen LogP contribution in [0, 0.1) is 0 Å². The van der Waals surface area contributed by atoms with E-state index in [-0.39, 0.29) is 5.91 Å². The summed E-state index contributed by atoms with van der Waals surface area (Å²) in [5.74, 6) is -0.0700. The molecule has 0 bridgehead atoms. The van der Waals surface area contributed by atoms with Crippen molar-refractivity contribution >= 4 is 17.7 Å². The van der Waals surface area contributed by atoms with E-state index < -0.39 is 0 Å². The molecule has 19 heavy (non-hydrogen) atoms. The first-order valence-electron chi connectivity index (χ1n) is 6.12. The van der Waals surface area contributed by atoms with Crippen molar-refractivity contribution in [3.05, 3.63) is 60.7 Å². The summed E-state index contributed by atoms with van der Waals surface area (Å²) in [5.41, 5.74) is 1.55. The number of nitrogens with zero attached hydrogens (tertiary/aromatic N) is 3. The highest BCUT2D eigenvalue weighted by Crippen LogP contribution is 2.13. The van der Waals surface area contributed by atoms with Crippen molar-refractivity contribution in [2.24, 2.45) is 0 Å². The zero-order chi connectivity index (χ0) is 13.5. The van der Waals surface area contributed by atoms with Crippen molar-refractivity contribution in [2.45, 2.75) is 6.92 Å². The Hall–Kier alpha value is -2.49. The van der Waals surface area contributed by atoms with Crippen LogP contribution >= 0.6 is 0 Å². The molecule has 4 nitrogen and oxygen atoms in total. The minimum Gasteiger partial charge on any atom is -0.309 e. The van der Waals surface area contributed by atoms with Crippen LogP contribution in [0.3, 0.4) is 0 Å². The Morgan fingerprint density at radius 1 is 1.26 bits per heavy atom. The van der Waals surface area contributed by atoms with E-state index in [0.717, 1.165) is 5.69 Å². The van der Waals surface area contributed by atoms with Gasteiger partial charge in [0.15, 0.2) is 0 Å². The van der Waals surface area contributed by atoms with Crippen LogP contribution in [0.2, 0.25) is 0 Å². The first kappa shape index (κ1) is 13.0. The van der Waals surface area contributed by atoms with Gasteiger partial charge in [-0.3, -0.25) is 14.8 Å². The molecule has 0 unspecified atom stereocenters. The Morgan fingerprint density at radius 2 is 2.05 bits per heavy atom. The number of anilines is 1. The number of hydrogen-bond acceptors (Lipinski definition) is 3. The Labute approximate surface area is 112 Å². The predicted molar refractivity (Wildman–Crippen MR) is 75.5 cm³/mol. The molecule has 0 saturated carbocycles. The molecule has 0 aliphatic heterocycles. The van der Waals surface area contributed by atoms with Crippen LogP contribution in [0.25, 0.3) is 6.08 Å². The van der Waals surface area contributed by atoms with E-state index in [1.54, 1.807) is 29.6 Å². The highest BCUT2D eigenvalue weighted by Gasteiger charge is 2.09. The predicted octanol–water partition coefficient (Wildman–Crippen LogP) is 2.54. The molecule has 1 amide bonds. The van der Waals surface area contributed by atoms with Gasteiger partial charge in [-0.05, 0) is 25.1 Å². The molecule has 2 rings (SSSR count). The molecule has 0 aliphatic carbocycles. The molecule has 0 spiro atoms. The number of benzene rings is 1. The van der Waals surface area contributed by atoms with Gasteiger partial charge in [0.05, 0.1) is 11.9 Å². The minimum atomic E-state index is -0.0700. The van der Waals surface area contributed by atoms with Crippen molar-refractivity contribution < 1.29 is 4.79 Å². The SMILES string of the molecule is CCN(C(=O)/C=C/c1cnccn1)c1ccccc1. The van der Waals surface area contributed by atoms with E-state index in [1.807, 2.05) is 37.3 Å². The van der Waals surface area contributed by atoms with Crippen LogP contribution in [-0.4, -0.2) is 22.4 Å². The standard InChI is InChI=1S/C15H15N3O/c1-2-18(14-6-4-3-5-7-14)15(19)9-8-13-12-16-10-11-17-13/h3-12H,2H2,1H3/b9-8+. The molecule has 1 heterocycles. The summed E-state index contributed by atoms with van der Waals surface area (Å²) < 4.78 is 0. The van der Waals surface area contributed by atoms with Gasteiger partial charge in [0.25, 0.3) is 5.91 Å². The molecule has 0 aliphatic rings. The second-order valence-corrected chi connectivity index (χ2v) is 3.88. The van der Waals surface area contributed by atoms with Crippen LogP contribution in [0.1, 0.15) is 12.6 Å². The molecule has 0 saturated heterocycles. The lowest BCUT2D eigenvalue weighted by Gasteiger charge is -2.18. The average molecular weight is 253 g/mol. The third kappa shape index (κ3) is 3.48. The van der Waals surface area contributed by atoms with Gasteiger partial charge in [-0.25, -0.2) is 0 Å². The second-order valence-electron chi connectivity index (χ2n) is 3.88. The van der Waals surface area contributed by atoms with Crippen molar-refractivity contribution in [1.82, 2.24) is 9.97 Å². The Morgan fingerprint density at radius 3 is 2.68 bits per heavy atom. The van der Waals surface area contributed by atoms with Gasteiger partial charge in [-0.15, -0.1) is 0 Å². The fourth-order valence-electron chi connectivity index (χ4n) is 1.72. The van der Waals surface area contributed by atoms with Crippen molar-refractivity contribution in [3.8, 4) is 0 Å². The normalized spacial score (nSPS) is 10.6. The third-order valence-electron chi connectivity index (χ3n) is 2.63. The van der Waals surface area contributed by atoms with Crippen LogP contribution < -0.4 is 4.90 Å². The fraction of sp³-hybridized carbons (Fsp3) is 0.133. The van der Waals surface area contributed by atoms with Crippen LogP contribution in [0.5, 0.6) is 0 Å². The lowest BCUT2D eigenvalue weighted by molar-refractivity contribution is -0.114. The zero-order valence-corrected chi connectivity index (χ0v) is 10.7. The van der Waals surface area contributed by atoms with Crippen molar-refractivity contribution in [3.63, 3.8) is 0 Å². The number of rotatable bonds is 4. The van der Waals surface area contributed by atoms with Gasteiger partial charge < -0.3 is 4.90 Å². The molecular formula is C15H15N3O. The third-order valence-corrected chi connectivity index (χ3v) is 2.63. The molecule has 0 radical (unpaired) electrons. The van der Waals surface area contributed by atoms with E-state index in [0.29, 0.717) is 12.2 Å². The summed E-state index contributed by atoms with van der Waals surface area (Å²) >= 11 is 0. The fourth-order valence-corrected chi connectivity index (χ4v) is 1.72. The quantitative estimate of drug-likeness (QED) is 0.787. The lowest BCUT2D eigenvalue weighted by atomic mass is 10.2. The second kappa shape index (κ2) is 6.44. The number of carbonyl (C=O) groups excluding carboxylic acids is 1. The molecule has 2 aromatic rings. The van der Waals surface area contributed by atoms with E-state index in [4.69, 9.17) is 0 Å². The number of aromatic nitrogens is 2. The molecule has 1 aromatic heterocycles. The molecule has 0 N–H and O–H groups in total. The number of para-hydroxylation sites is 1. The molecular weight excluding hydrogens is 238 g/mol. The van der Waals surface area contributed by atoms with Gasteiger partial charge in [0, 0.05) is 30.7 Å². The maximum absolute atomic E-state index is 12.1. The summed E-state index contributed by atoms with van der Waals surface area (Å²) in [6, 6.07) is 9.58. The monoisotopic (exact) mass is 253 g/mol. The Bertz CT molecular complexity index is 552. The van der Waals surface area contributed by atoms with E-state index in [9.17, 15) is 4.79 Å². The summed E-state index contributed by atoms with van der Waals surface area (Å²) in [7, 11) is 0. The maximum Gasteiger partial charge on any atom is 0.251 e. The van der Waals surface area contributed by atoms with Gasteiger partial charge >= 0.3 is 0 Å². The van der Waals surface area contributed by atoms with Crippen LogP contribution in [0.15, 0.2) is 55.0 Å². The highest BCUT2D eigenvalue weighted by atomic mass is 16.2. The number of amides is 1. The number of carbonyl (C=O) groups is 1. The molecule has 0 atom stereocenters. The highest BCUT2D eigenvalue weighted by molar-refractivity contribution is 6.03. The summed E-state index contributed by atoms with van der Waals surface area (Å²) in [6.07, 6.45) is 7.99. The number of hydrogen-bond donors (Lipinski definition) is 0. The largest absolute Gasteiger partial charge is 0.309 e. The molecule has 1 aromatic carbocycles. The first-order valence-corrected chi connectivity index (χ1v) is 6.12. The van der Waals surface area contributed by atoms with Crippen LogP contribution in [0.4, 0.5) is 5.69 Å². The van der Waals surface area contributed by atoms with Crippen molar-refractivity contribution in [1.29, 1.82) is 0 Å². The Kier molecular flexibility index (Phi) is 4.39. The van der Waals surface area contributed by atoms with Crippen LogP contribution in [-0.2, 0) is 4.79 Å². The van der Waals surface area contributed by atoms with Crippen molar-refractivity contribution in [2.75, 3.05) is 11.4 Å². The Balaban J connectivity index is 2.12. The zero-order valence-electron chi connectivity index (χ0n) is 10.7. The van der Waals surface area contributed by atoms with E-state index >= 15 is 0 Å². The van der Waals surface area contributed by atoms with Gasteiger partial charge in [-0.2, -0.15) is 0 Å². The first-order chi connectivity index (χ1) is 9.31. The summed E-state index contributed by atoms with van der Waals surface area (Å²) in [4.78, 5) is 21.9.